The Labute approximate surface area is 114 Å². The molecule has 2 aromatic rings. The average molecular weight is 276 g/mol. The van der Waals surface area contributed by atoms with Crippen molar-refractivity contribution in [3.05, 3.63) is 64.1 Å². The summed E-state index contributed by atoms with van der Waals surface area (Å²) in [5.74, 6) is -0.115. The number of furan rings is 1. The van der Waals surface area contributed by atoms with Crippen LogP contribution in [0.25, 0.3) is 0 Å². The van der Waals surface area contributed by atoms with Crippen LogP contribution in [0.1, 0.15) is 22.2 Å². The fourth-order valence-corrected chi connectivity index (χ4v) is 1.70. The van der Waals surface area contributed by atoms with Crippen LogP contribution in [0.3, 0.4) is 0 Å². The smallest absolute Gasteiger partial charge is 0.270 e. The highest BCUT2D eigenvalue weighted by Gasteiger charge is 2.18. The first-order valence-electron chi connectivity index (χ1n) is 5.81. The number of aliphatic hydroxyl groups excluding tert-OH is 1. The van der Waals surface area contributed by atoms with Crippen LogP contribution in [-0.2, 0) is 0 Å². The molecule has 0 spiro atoms. The molecule has 0 radical (unpaired) electrons. The zero-order valence-corrected chi connectivity index (χ0v) is 10.4. The molecule has 0 saturated carbocycles. The van der Waals surface area contributed by atoms with Crippen molar-refractivity contribution in [2.75, 3.05) is 6.61 Å². The van der Waals surface area contributed by atoms with Gasteiger partial charge in [-0.15, -0.1) is 0 Å². The highest BCUT2D eigenvalue weighted by Crippen LogP contribution is 2.16. The van der Waals surface area contributed by atoms with Crippen molar-refractivity contribution in [2.45, 2.75) is 6.04 Å². The normalized spacial score (nSPS) is 11.8. The maximum atomic E-state index is 12.0. The summed E-state index contributed by atoms with van der Waals surface area (Å²) >= 11 is 0. The van der Waals surface area contributed by atoms with E-state index in [2.05, 4.69) is 5.32 Å². The highest BCUT2D eigenvalue weighted by molar-refractivity contribution is 5.95. The van der Waals surface area contributed by atoms with E-state index in [1.54, 1.807) is 12.1 Å². The Bertz CT molecular complexity index is 609. The number of hydrogen-bond acceptors (Lipinski definition) is 5. The quantitative estimate of drug-likeness (QED) is 0.638. The molecule has 0 aliphatic heterocycles. The summed E-state index contributed by atoms with van der Waals surface area (Å²) in [4.78, 5) is 22.1. The third-order valence-electron chi connectivity index (χ3n) is 2.69. The van der Waals surface area contributed by atoms with Crippen molar-refractivity contribution in [3.8, 4) is 0 Å². The number of carbonyl (C=O) groups excluding carboxylic acids is 1. The van der Waals surface area contributed by atoms with Crippen molar-refractivity contribution in [3.63, 3.8) is 0 Å². The van der Waals surface area contributed by atoms with Crippen molar-refractivity contribution < 1.29 is 19.2 Å². The van der Waals surface area contributed by atoms with Crippen LogP contribution in [0.4, 0.5) is 5.69 Å². The molecule has 7 heteroatoms. The molecule has 7 nitrogen and oxygen atoms in total. The topological polar surface area (TPSA) is 106 Å². The predicted octanol–water partition coefficient (Wildman–Crippen LogP) is 1.65. The van der Waals surface area contributed by atoms with E-state index in [0.29, 0.717) is 5.76 Å². The van der Waals surface area contributed by atoms with Crippen LogP contribution >= 0.6 is 0 Å². The van der Waals surface area contributed by atoms with Crippen molar-refractivity contribution in [1.82, 2.24) is 5.32 Å². The minimum atomic E-state index is -0.697. The monoisotopic (exact) mass is 276 g/mol. The fraction of sp³-hybridized carbons (Fsp3) is 0.154. The minimum Gasteiger partial charge on any atom is -0.467 e. The predicted molar refractivity (Wildman–Crippen MR) is 69.1 cm³/mol. The van der Waals surface area contributed by atoms with Gasteiger partial charge in [-0.2, -0.15) is 0 Å². The Hall–Kier alpha value is -2.67. The Morgan fingerprint density at radius 2 is 2.20 bits per heavy atom. The molecule has 1 aromatic heterocycles. The van der Waals surface area contributed by atoms with Crippen molar-refractivity contribution in [2.24, 2.45) is 0 Å². The molecule has 1 aromatic carbocycles. The number of rotatable bonds is 5. The van der Waals surface area contributed by atoms with Gasteiger partial charge in [-0.25, -0.2) is 0 Å². The molecule has 104 valence electrons. The fourth-order valence-electron chi connectivity index (χ4n) is 1.70. The summed E-state index contributed by atoms with van der Waals surface area (Å²) in [5.41, 5.74) is -0.0274. The number of nitrogens with zero attached hydrogens (tertiary/aromatic N) is 1. The average Bonchev–Trinajstić information content (AvgIpc) is 2.98. The van der Waals surface area contributed by atoms with Gasteiger partial charge in [0.1, 0.15) is 11.8 Å². The number of carbonyl (C=O) groups is 1. The molecular weight excluding hydrogens is 264 g/mol. The molecule has 1 heterocycles. The first kappa shape index (κ1) is 13.8. The van der Waals surface area contributed by atoms with Crippen LogP contribution in [0.15, 0.2) is 47.1 Å². The van der Waals surface area contributed by atoms with Crippen LogP contribution in [0.2, 0.25) is 0 Å². The number of nitro benzene ring substituents is 1. The number of amides is 1. The first-order valence-corrected chi connectivity index (χ1v) is 5.81. The van der Waals surface area contributed by atoms with E-state index in [-0.39, 0.29) is 17.9 Å². The standard InChI is InChI=1S/C13H12N2O5/c16-8-11(12-5-2-6-20-12)14-13(17)9-3-1-4-10(7-9)15(18)19/h1-7,11,16H,8H2,(H,14,17). The summed E-state index contributed by atoms with van der Waals surface area (Å²) in [6.45, 7) is -0.339. The van der Waals surface area contributed by atoms with Gasteiger partial charge in [-0.05, 0) is 18.2 Å². The molecule has 20 heavy (non-hydrogen) atoms. The molecule has 0 bridgehead atoms. The van der Waals surface area contributed by atoms with Crippen LogP contribution < -0.4 is 5.32 Å². The highest BCUT2D eigenvalue weighted by atomic mass is 16.6. The molecule has 1 atom stereocenters. The number of aliphatic hydroxyl groups is 1. The Morgan fingerprint density at radius 3 is 2.80 bits per heavy atom. The van der Waals surface area contributed by atoms with Crippen LogP contribution in [0.5, 0.6) is 0 Å². The third kappa shape index (κ3) is 3.01. The second kappa shape index (κ2) is 5.98. The SMILES string of the molecule is O=C(NC(CO)c1ccco1)c1cccc([N+](=O)[O-])c1. The number of non-ortho nitro benzene ring substituents is 1. The molecular formula is C13H12N2O5. The van der Waals surface area contributed by atoms with E-state index in [4.69, 9.17) is 4.42 Å². The first-order chi connectivity index (χ1) is 9.61. The summed E-state index contributed by atoms with van der Waals surface area (Å²) in [6.07, 6.45) is 1.43. The Morgan fingerprint density at radius 1 is 1.40 bits per heavy atom. The number of nitrogens with one attached hydrogen (secondary N) is 1. The molecule has 0 aliphatic carbocycles. The van der Waals surface area contributed by atoms with Gasteiger partial charge in [0.15, 0.2) is 0 Å². The molecule has 0 fully saturated rings. The van der Waals surface area contributed by atoms with Gasteiger partial charge >= 0.3 is 0 Å². The second-order valence-electron chi connectivity index (χ2n) is 4.03. The molecule has 0 aliphatic rings. The summed E-state index contributed by atoms with van der Waals surface area (Å²) in [7, 11) is 0. The van der Waals surface area contributed by atoms with Gasteiger partial charge in [-0.1, -0.05) is 6.07 Å². The minimum absolute atomic E-state index is 0.143. The van der Waals surface area contributed by atoms with E-state index in [1.165, 1.54) is 30.5 Å². The lowest BCUT2D eigenvalue weighted by Gasteiger charge is -2.13. The molecule has 1 unspecified atom stereocenters. The zero-order chi connectivity index (χ0) is 14.5. The van der Waals surface area contributed by atoms with Gasteiger partial charge in [0.2, 0.25) is 0 Å². The molecule has 0 saturated heterocycles. The largest absolute Gasteiger partial charge is 0.467 e. The lowest BCUT2D eigenvalue weighted by molar-refractivity contribution is -0.384. The van der Waals surface area contributed by atoms with Gasteiger partial charge in [0.25, 0.3) is 11.6 Å². The lowest BCUT2D eigenvalue weighted by atomic mass is 10.1. The van der Waals surface area contributed by atoms with E-state index in [9.17, 15) is 20.0 Å². The number of benzene rings is 1. The molecule has 2 rings (SSSR count). The van der Waals surface area contributed by atoms with Crippen molar-refractivity contribution in [1.29, 1.82) is 0 Å². The molecule has 1 amide bonds. The molecule has 2 N–H and O–H groups in total. The number of nitro groups is 1. The Kier molecular flexibility index (Phi) is 4.11. The van der Waals surface area contributed by atoms with E-state index in [1.807, 2.05) is 0 Å². The lowest BCUT2D eigenvalue weighted by Crippen LogP contribution is -2.30. The second-order valence-corrected chi connectivity index (χ2v) is 4.03. The summed E-state index contributed by atoms with van der Waals surface area (Å²) in [5, 5.41) is 22.5. The van der Waals surface area contributed by atoms with Crippen LogP contribution in [-0.4, -0.2) is 22.5 Å². The third-order valence-corrected chi connectivity index (χ3v) is 2.69. The maximum absolute atomic E-state index is 12.0. The van der Waals surface area contributed by atoms with Crippen LogP contribution in [0, 0.1) is 10.1 Å². The summed E-state index contributed by atoms with van der Waals surface area (Å²) < 4.78 is 5.10. The summed E-state index contributed by atoms with van der Waals surface area (Å²) in [6, 6.07) is 7.91. The van der Waals surface area contributed by atoms with E-state index in [0.717, 1.165) is 0 Å². The Balaban J connectivity index is 2.15. The van der Waals surface area contributed by atoms with Crippen molar-refractivity contribution >= 4 is 11.6 Å². The van der Waals surface area contributed by atoms with E-state index >= 15 is 0 Å². The van der Waals surface area contributed by atoms with E-state index < -0.39 is 16.9 Å². The zero-order valence-electron chi connectivity index (χ0n) is 10.4. The van der Waals surface area contributed by atoms with Gasteiger partial charge < -0.3 is 14.8 Å². The van der Waals surface area contributed by atoms with Gasteiger partial charge in [0.05, 0.1) is 17.8 Å². The number of hydrogen-bond donors (Lipinski definition) is 2. The van der Waals surface area contributed by atoms with Gasteiger partial charge in [-0.3, -0.25) is 14.9 Å². The van der Waals surface area contributed by atoms with Gasteiger partial charge in [0, 0.05) is 17.7 Å². The maximum Gasteiger partial charge on any atom is 0.270 e.